The second-order valence-electron chi connectivity index (χ2n) is 4.65. The van der Waals surface area contributed by atoms with Crippen LogP contribution in [0.3, 0.4) is 0 Å². The van der Waals surface area contributed by atoms with Gasteiger partial charge in [0.25, 0.3) is 0 Å². The van der Waals surface area contributed by atoms with Crippen molar-refractivity contribution >= 4 is 17.5 Å². The van der Waals surface area contributed by atoms with E-state index < -0.39 is 0 Å². The predicted molar refractivity (Wildman–Crippen MR) is 62.9 cm³/mol. The van der Waals surface area contributed by atoms with Crippen LogP contribution in [0.15, 0.2) is 22.7 Å². The van der Waals surface area contributed by atoms with Crippen molar-refractivity contribution in [1.29, 1.82) is 0 Å². The largest absolute Gasteiger partial charge is 0.411 e. The fourth-order valence-corrected chi connectivity index (χ4v) is 4.28. The van der Waals surface area contributed by atoms with Gasteiger partial charge in [-0.05, 0) is 25.2 Å². The molecule has 1 heterocycles. The molecule has 0 saturated heterocycles. The highest BCUT2D eigenvalue weighted by molar-refractivity contribution is 8.00. The molecule has 0 spiro atoms. The number of fused-ring (bicyclic) bond motifs is 2. The molecular formula is C11H15N3OS. The number of aromatic nitrogens is 2. The molecule has 1 aromatic rings. The van der Waals surface area contributed by atoms with Gasteiger partial charge < -0.3 is 9.77 Å². The summed E-state index contributed by atoms with van der Waals surface area (Å²) in [7, 11) is 2.00. The van der Waals surface area contributed by atoms with Gasteiger partial charge in [0, 0.05) is 25.4 Å². The van der Waals surface area contributed by atoms with E-state index in [-0.39, 0.29) is 0 Å². The predicted octanol–water partition coefficient (Wildman–Crippen LogP) is 2.14. The maximum Gasteiger partial charge on any atom is 0.168 e. The number of aryl methyl sites for hydroxylation is 1. The van der Waals surface area contributed by atoms with Gasteiger partial charge in [0.05, 0.1) is 11.0 Å². The molecule has 16 heavy (non-hydrogen) atoms. The van der Waals surface area contributed by atoms with Crippen molar-refractivity contribution < 1.29 is 5.21 Å². The molecule has 4 nitrogen and oxygen atoms in total. The molecule has 2 saturated carbocycles. The number of thioether (sulfide) groups is 1. The van der Waals surface area contributed by atoms with Crippen LogP contribution in [0.1, 0.15) is 19.3 Å². The molecule has 5 heteroatoms. The number of imidazole rings is 1. The smallest absolute Gasteiger partial charge is 0.168 e. The Morgan fingerprint density at radius 2 is 2.44 bits per heavy atom. The van der Waals surface area contributed by atoms with Gasteiger partial charge >= 0.3 is 0 Å². The van der Waals surface area contributed by atoms with E-state index in [9.17, 15) is 0 Å². The maximum atomic E-state index is 9.10. The first-order valence-corrected chi connectivity index (χ1v) is 6.53. The van der Waals surface area contributed by atoms with Gasteiger partial charge in [-0.15, -0.1) is 0 Å². The lowest BCUT2D eigenvalue weighted by atomic mass is 9.98. The van der Waals surface area contributed by atoms with Crippen LogP contribution in [-0.2, 0) is 7.05 Å². The summed E-state index contributed by atoms with van der Waals surface area (Å²) in [6.45, 7) is 0. The summed E-state index contributed by atoms with van der Waals surface area (Å²) in [5.41, 5.74) is 0.990. The quantitative estimate of drug-likeness (QED) is 0.633. The summed E-state index contributed by atoms with van der Waals surface area (Å²) >= 11 is 1.74. The first-order valence-electron chi connectivity index (χ1n) is 5.65. The minimum absolute atomic E-state index is 0.338. The molecule has 1 aromatic heterocycles. The van der Waals surface area contributed by atoms with E-state index in [0.717, 1.165) is 10.9 Å². The van der Waals surface area contributed by atoms with Crippen LogP contribution in [0.25, 0.3) is 0 Å². The van der Waals surface area contributed by atoms with E-state index in [0.29, 0.717) is 17.1 Å². The third-order valence-electron chi connectivity index (χ3n) is 3.74. The SMILES string of the molecule is Cn1ccnc1S[C@H]1/C(=N/O)[C@H]2CC[C@@H]1C2. The minimum atomic E-state index is 0.338. The van der Waals surface area contributed by atoms with E-state index >= 15 is 0 Å². The van der Waals surface area contributed by atoms with Crippen molar-refractivity contribution in [2.45, 2.75) is 29.7 Å². The molecule has 0 aromatic carbocycles. The highest BCUT2D eigenvalue weighted by atomic mass is 32.2. The molecule has 0 aliphatic heterocycles. The molecule has 0 unspecified atom stereocenters. The van der Waals surface area contributed by atoms with Crippen LogP contribution in [0.2, 0.25) is 0 Å². The molecule has 2 aliphatic rings. The average Bonchev–Trinajstić information content (AvgIpc) is 2.95. The Balaban J connectivity index is 1.83. The third-order valence-corrected chi connectivity index (χ3v) is 5.22. The second-order valence-corrected chi connectivity index (χ2v) is 5.76. The van der Waals surface area contributed by atoms with Crippen LogP contribution in [0.4, 0.5) is 0 Å². The lowest BCUT2D eigenvalue weighted by Gasteiger charge is -2.21. The van der Waals surface area contributed by atoms with Gasteiger partial charge in [0.15, 0.2) is 5.16 Å². The van der Waals surface area contributed by atoms with Crippen molar-refractivity contribution in [1.82, 2.24) is 9.55 Å². The van der Waals surface area contributed by atoms with Gasteiger partial charge in [0.1, 0.15) is 0 Å². The Labute approximate surface area is 98.7 Å². The van der Waals surface area contributed by atoms with Crippen molar-refractivity contribution in [3.05, 3.63) is 12.4 Å². The van der Waals surface area contributed by atoms with Crippen LogP contribution >= 0.6 is 11.8 Å². The first kappa shape index (κ1) is 10.2. The van der Waals surface area contributed by atoms with E-state index in [4.69, 9.17) is 5.21 Å². The van der Waals surface area contributed by atoms with E-state index in [1.165, 1.54) is 19.3 Å². The Hall–Kier alpha value is -0.970. The fourth-order valence-electron chi connectivity index (χ4n) is 2.91. The summed E-state index contributed by atoms with van der Waals surface area (Å²) < 4.78 is 2.02. The Morgan fingerprint density at radius 1 is 1.56 bits per heavy atom. The molecule has 3 atom stereocenters. The van der Waals surface area contributed by atoms with Crippen molar-refractivity contribution in [3.63, 3.8) is 0 Å². The van der Waals surface area contributed by atoms with Gasteiger partial charge in [0.2, 0.25) is 0 Å². The van der Waals surface area contributed by atoms with Crippen LogP contribution < -0.4 is 0 Å². The zero-order chi connectivity index (χ0) is 11.1. The standard InChI is InChI=1S/C11H15N3OS/c1-14-5-4-12-11(14)16-10-8-3-2-7(6-8)9(10)13-15/h4-5,7-8,10,15H,2-3,6H2,1H3/b13-9+/t7-,8+,10+/m0/s1. The molecule has 2 fully saturated rings. The molecule has 2 aliphatic carbocycles. The summed E-state index contributed by atoms with van der Waals surface area (Å²) in [6.07, 6.45) is 7.42. The third kappa shape index (κ3) is 1.45. The second kappa shape index (κ2) is 3.80. The zero-order valence-corrected chi connectivity index (χ0v) is 10.0. The Morgan fingerprint density at radius 3 is 3.12 bits per heavy atom. The molecule has 0 amide bonds. The van der Waals surface area contributed by atoms with Gasteiger partial charge in [-0.25, -0.2) is 4.98 Å². The van der Waals surface area contributed by atoms with E-state index in [2.05, 4.69) is 10.1 Å². The molecule has 2 bridgehead atoms. The number of oxime groups is 1. The number of hydrogen-bond donors (Lipinski definition) is 1. The molecular weight excluding hydrogens is 222 g/mol. The summed E-state index contributed by atoms with van der Waals surface area (Å²) in [4.78, 5) is 4.32. The van der Waals surface area contributed by atoms with Gasteiger partial charge in [-0.2, -0.15) is 0 Å². The summed E-state index contributed by atoms with van der Waals surface area (Å²) in [6, 6.07) is 0. The van der Waals surface area contributed by atoms with Gasteiger partial charge in [-0.1, -0.05) is 16.9 Å². The molecule has 1 N–H and O–H groups in total. The fraction of sp³-hybridized carbons (Fsp3) is 0.636. The van der Waals surface area contributed by atoms with E-state index in [1.54, 1.807) is 11.8 Å². The number of nitrogens with zero attached hydrogens (tertiary/aromatic N) is 3. The Bertz CT molecular complexity index is 429. The highest BCUT2D eigenvalue weighted by Gasteiger charge is 2.46. The molecule has 0 radical (unpaired) electrons. The normalized spacial score (nSPS) is 35.1. The summed E-state index contributed by atoms with van der Waals surface area (Å²) in [5.74, 6) is 1.20. The molecule has 86 valence electrons. The summed E-state index contributed by atoms with van der Waals surface area (Å²) in [5, 5.41) is 14.0. The van der Waals surface area contributed by atoms with Crippen molar-refractivity contribution in [2.24, 2.45) is 24.0 Å². The van der Waals surface area contributed by atoms with Crippen LogP contribution in [-0.4, -0.2) is 25.7 Å². The number of hydrogen-bond acceptors (Lipinski definition) is 4. The van der Waals surface area contributed by atoms with E-state index in [1.807, 2.05) is 24.0 Å². The highest BCUT2D eigenvalue weighted by Crippen LogP contribution is 2.49. The lowest BCUT2D eigenvalue weighted by Crippen LogP contribution is -2.25. The topological polar surface area (TPSA) is 50.4 Å². The van der Waals surface area contributed by atoms with Crippen molar-refractivity contribution in [3.8, 4) is 0 Å². The minimum Gasteiger partial charge on any atom is -0.411 e. The van der Waals surface area contributed by atoms with Crippen molar-refractivity contribution in [2.75, 3.05) is 0 Å². The van der Waals surface area contributed by atoms with Crippen LogP contribution in [0, 0.1) is 11.8 Å². The average molecular weight is 237 g/mol. The maximum absolute atomic E-state index is 9.10. The molecule has 3 rings (SSSR count). The monoisotopic (exact) mass is 237 g/mol. The Kier molecular flexibility index (Phi) is 2.42. The van der Waals surface area contributed by atoms with Crippen LogP contribution in [0.5, 0.6) is 0 Å². The zero-order valence-electron chi connectivity index (χ0n) is 9.21. The first-order chi connectivity index (χ1) is 7.79. The van der Waals surface area contributed by atoms with Gasteiger partial charge in [-0.3, -0.25) is 0 Å². The lowest BCUT2D eigenvalue weighted by molar-refractivity contribution is 0.314. The number of rotatable bonds is 2.